The first-order valence-electron chi connectivity index (χ1n) is 8.92. The fraction of sp³-hybridized carbons (Fsp3) is 0.579. The van der Waals surface area contributed by atoms with E-state index in [1.165, 1.54) is 7.11 Å². The Bertz CT molecular complexity index is 664. The molecule has 1 saturated carbocycles. The van der Waals surface area contributed by atoms with Gasteiger partial charge in [0.25, 0.3) is 11.8 Å². The van der Waals surface area contributed by atoms with Gasteiger partial charge in [0.15, 0.2) is 18.1 Å². The molecule has 1 aliphatic rings. The Morgan fingerprint density at radius 3 is 2.48 bits per heavy atom. The van der Waals surface area contributed by atoms with Crippen molar-refractivity contribution in [2.45, 2.75) is 45.2 Å². The predicted molar refractivity (Wildman–Crippen MR) is 107 cm³/mol. The van der Waals surface area contributed by atoms with Crippen LogP contribution in [0.5, 0.6) is 11.5 Å². The molecule has 1 unspecified atom stereocenters. The van der Waals surface area contributed by atoms with Crippen LogP contribution in [0, 0.1) is 5.92 Å². The third-order valence-corrected chi connectivity index (χ3v) is 4.54. The fourth-order valence-corrected chi connectivity index (χ4v) is 2.81. The summed E-state index contributed by atoms with van der Waals surface area (Å²) in [6.45, 7) is 6.01. The number of hydrogen-bond acceptors (Lipinski definition) is 5. The molecule has 0 bridgehead atoms. The monoisotopic (exact) mass is 399 g/mol. The standard InChI is InChI=1S/C19H29N3O4.ClH/c1-12(2)21-17(23)10-26-15-8-5-13(9-16(15)25-4)18(24)22-19(3,11-20)14-6-7-14;/h5,8-9,12,14H,6-7,10-11,20H2,1-4H3,(H,21,23)(H,22,24);1H. The Morgan fingerprint density at radius 2 is 1.96 bits per heavy atom. The van der Waals surface area contributed by atoms with E-state index in [-0.39, 0.29) is 36.9 Å². The second-order valence-corrected chi connectivity index (χ2v) is 7.23. The van der Waals surface area contributed by atoms with Gasteiger partial charge in [-0.3, -0.25) is 9.59 Å². The van der Waals surface area contributed by atoms with Gasteiger partial charge in [0.2, 0.25) is 0 Å². The zero-order chi connectivity index (χ0) is 19.3. The highest BCUT2D eigenvalue weighted by atomic mass is 35.5. The Hall–Kier alpha value is -1.99. The Kier molecular flexibility index (Phi) is 8.37. The van der Waals surface area contributed by atoms with Gasteiger partial charge in [-0.25, -0.2) is 0 Å². The van der Waals surface area contributed by atoms with Crippen LogP contribution in [-0.4, -0.2) is 43.7 Å². The Morgan fingerprint density at radius 1 is 1.30 bits per heavy atom. The second-order valence-electron chi connectivity index (χ2n) is 7.23. The van der Waals surface area contributed by atoms with E-state index in [0.29, 0.717) is 29.5 Å². The molecule has 1 aromatic carbocycles. The van der Waals surface area contributed by atoms with Crippen molar-refractivity contribution in [3.63, 3.8) is 0 Å². The minimum Gasteiger partial charge on any atom is -0.493 e. The molecular formula is C19H30ClN3O4. The van der Waals surface area contributed by atoms with Crippen LogP contribution in [0.15, 0.2) is 18.2 Å². The molecule has 1 aliphatic carbocycles. The van der Waals surface area contributed by atoms with Crippen molar-refractivity contribution in [1.82, 2.24) is 10.6 Å². The van der Waals surface area contributed by atoms with Gasteiger partial charge in [-0.15, -0.1) is 12.4 Å². The summed E-state index contributed by atoms with van der Waals surface area (Å²) in [6, 6.07) is 4.93. The smallest absolute Gasteiger partial charge is 0.258 e. The van der Waals surface area contributed by atoms with Gasteiger partial charge in [0, 0.05) is 18.2 Å². The summed E-state index contributed by atoms with van der Waals surface area (Å²) in [6.07, 6.45) is 2.17. The fourth-order valence-electron chi connectivity index (χ4n) is 2.81. The molecule has 0 aromatic heterocycles. The summed E-state index contributed by atoms with van der Waals surface area (Å²) in [5.74, 6) is 0.822. The molecule has 7 nitrogen and oxygen atoms in total. The molecular weight excluding hydrogens is 370 g/mol. The first-order valence-corrected chi connectivity index (χ1v) is 8.92. The van der Waals surface area contributed by atoms with Gasteiger partial charge >= 0.3 is 0 Å². The molecule has 1 aromatic rings. The molecule has 2 amide bonds. The summed E-state index contributed by atoms with van der Waals surface area (Å²) in [4.78, 5) is 24.3. The van der Waals surface area contributed by atoms with Crippen molar-refractivity contribution in [1.29, 1.82) is 0 Å². The third kappa shape index (κ3) is 6.29. The predicted octanol–water partition coefficient (Wildman–Crippen LogP) is 1.88. The van der Waals surface area contributed by atoms with Crippen LogP contribution in [0.2, 0.25) is 0 Å². The summed E-state index contributed by atoms with van der Waals surface area (Å²) < 4.78 is 10.8. The summed E-state index contributed by atoms with van der Waals surface area (Å²) in [5.41, 5.74) is 5.92. The number of amides is 2. The van der Waals surface area contributed by atoms with E-state index in [0.717, 1.165) is 12.8 Å². The Labute approximate surface area is 166 Å². The number of halogens is 1. The third-order valence-electron chi connectivity index (χ3n) is 4.54. The highest BCUT2D eigenvalue weighted by Crippen LogP contribution is 2.39. The molecule has 0 radical (unpaired) electrons. The minimum atomic E-state index is -0.394. The van der Waals surface area contributed by atoms with Crippen molar-refractivity contribution in [2.75, 3.05) is 20.3 Å². The lowest BCUT2D eigenvalue weighted by Gasteiger charge is -2.29. The maximum absolute atomic E-state index is 12.6. The molecule has 152 valence electrons. The van der Waals surface area contributed by atoms with Gasteiger partial charge in [-0.2, -0.15) is 0 Å². The van der Waals surface area contributed by atoms with Crippen molar-refractivity contribution in [3.8, 4) is 11.5 Å². The largest absolute Gasteiger partial charge is 0.493 e. The molecule has 0 aliphatic heterocycles. The van der Waals surface area contributed by atoms with Gasteiger partial charge in [-0.05, 0) is 57.7 Å². The van der Waals surface area contributed by atoms with E-state index in [4.69, 9.17) is 15.2 Å². The number of ether oxygens (including phenoxy) is 2. The van der Waals surface area contributed by atoms with Crippen molar-refractivity contribution < 1.29 is 19.1 Å². The highest BCUT2D eigenvalue weighted by molar-refractivity contribution is 5.95. The number of carbonyl (C=O) groups is 2. The maximum atomic E-state index is 12.6. The molecule has 1 atom stereocenters. The number of nitrogens with one attached hydrogen (secondary N) is 2. The zero-order valence-corrected chi connectivity index (χ0v) is 17.2. The van der Waals surface area contributed by atoms with Crippen LogP contribution in [0.25, 0.3) is 0 Å². The lowest BCUT2D eigenvalue weighted by Crippen LogP contribution is -2.53. The van der Waals surface area contributed by atoms with Gasteiger partial charge < -0.3 is 25.8 Å². The second kappa shape index (κ2) is 9.80. The number of methoxy groups -OCH3 is 1. The lowest BCUT2D eigenvalue weighted by molar-refractivity contribution is -0.123. The summed E-state index contributed by atoms with van der Waals surface area (Å²) in [5, 5.41) is 5.79. The van der Waals surface area contributed by atoms with E-state index >= 15 is 0 Å². The van der Waals surface area contributed by atoms with Crippen LogP contribution < -0.4 is 25.8 Å². The molecule has 0 heterocycles. The molecule has 0 saturated heterocycles. The number of carbonyl (C=O) groups excluding carboxylic acids is 2. The average molecular weight is 400 g/mol. The number of rotatable bonds is 9. The van der Waals surface area contributed by atoms with E-state index in [1.807, 2.05) is 20.8 Å². The van der Waals surface area contributed by atoms with Gasteiger partial charge in [0.05, 0.1) is 12.6 Å². The maximum Gasteiger partial charge on any atom is 0.258 e. The van der Waals surface area contributed by atoms with Crippen molar-refractivity contribution in [2.24, 2.45) is 11.7 Å². The highest BCUT2D eigenvalue weighted by Gasteiger charge is 2.41. The number of benzene rings is 1. The van der Waals surface area contributed by atoms with Crippen molar-refractivity contribution >= 4 is 24.2 Å². The quantitative estimate of drug-likeness (QED) is 0.588. The van der Waals surface area contributed by atoms with Crippen LogP contribution in [0.1, 0.15) is 44.0 Å². The summed E-state index contributed by atoms with van der Waals surface area (Å²) in [7, 11) is 1.49. The molecule has 2 rings (SSSR count). The number of nitrogens with two attached hydrogens (primary N) is 1. The summed E-state index contributed by atoms with van der Waals surface area (Å²) >= 11 is 0. The first kappa shape index (κ1) is 23.0. The van der Waals surface area contributed by atoms with E-state index in [9.17, 15) is 9.59 Å². The normalized spacial score (nSPS) is 15.3. The van der Waals surface area contributed by atoms with E-state index in [1.54, 1.807) is 18.2 Å². The van der Waals surface area contributed by atoms with Crippen LogP contribution >= 0.6 is 12.4 Å². The molecule has 0 spiro atoms. The first-order chi connectivity index (χ1) is 12.3. The van der Waals surface area contributed by atoms with E-state index in [2.05, 4.69) is 10.6 Å². The van der Waals surface area contributed by atoms with Crippen molar-refractivity contribution in [3.05, 3.63) is 23.8 Å². The van der Waals surface area contributed by atoms with Crippen LogP contribution in [-0.2, 0) is 4.79 Å². The molecule has 8 heteroatoms. The van der Waals surface area contributed by atoms with Crippen LogP contribution in [0.3, 0.4) is 0 Å². The zero-order valence-electron chi connectivity index (χ0n) is 16.3. The lowest BCUT2D eigenvalue weighted by atomic mass is 9.95. The topological polar surface area (TPSA) is 103 Å². The minimum absolute atomic E-state index is 0. The van der Waals surface area contributed by atoms with Gasteiger partial charge in [-0.1, -0.05) is 0 Å². The van der Waals surface area contributed by atoms with Gasteiger partial charge in [0.1, 0.15) is 0 Å². The van der Waals surface area contributed by atoms with Crippen LogP contribution in [0.4, 0.5) is 0 Å². The van der Waals surface area contributed by atoms with E-state index < -0.39 is 5.54 Å². The average Bonchev–Trinajstić information content (AvgIpc) is 3.44. The molecule has 1 fully saturated rings. The number of hydrogen-bond donors (Lipinski definition) is 3. The molecule has 27 heavy (non-hydrogen) atoms. The SMILES string of the molecule is COc1cc(C(=O)NC(C)(CN)C2CC2)ccc1OCC(=O)NC(C)C.Cl. The molecule has 4 N–H and O–H groups in total. The Balaban J connectivity index is 0.00000364.